The van der Waals surface area contributed by atoms with Gasteiger partial charge < -0.3 is 9.47 Å². The number of fused-ring (bicyclic) bond motifs is 1. The number of likely N-dealkylation sites (tertiary alicyclic amines) is 1. The van der Waals surface area contributed by atoms with Crippen molar-refractivity contribution in [1.82, 2.24) is 4.90 Å². The van der Waals surface area contributed by atoms with Gasteiger partial charge in [-0.2, -0.15) is 0 Å². The molecular weight excluding hydrogens is 274 g/mol. The highest BCUT2D eigenvalue weighted by atomic mass is 16.5. The second-order valence-electron chi connectivity index (χ2n) is 8.10. The highest BCUT2D eigenvalue weighted by molar-refractivity contribution is 5.41. The van der Waals surface area contributed by atoms with E-state index in [1.54, 1.807) is 0 Å². The first-order chi connectivity index (χ1) is 10.5. The second kappa shape index (κ2) is 5.24. The standard InChI is InChI=1S/C19H27NO2/c1-18(2)11-16-10-15(4-5-17(16)22-18)12-20-8-3-6-19(13-20)7-9-21-14-19/h4-5,10H,3,6-9,11-14H2,1-2H3. The van der Waals surface area contributed by atoms with Gasteiger partial charge in [0.05, 0.1) is 6.61 Å². The minimum absolute atomic E-state index is 0.0443. The van der Waals surface area contributed by atoms with Crippen LogP contribution in [-0.2, 0) is 17.7 Å². The van der Waals surface area contributed by atoms with Crippen LogP contribution < -0.4 is 4.74 Å². The highest BCUT2D eigenvalue weighted by Crippen LogP contribution is 2.39. The van der Waals surface area contributed by atoms with Crippen LogP contribution in [0.25, 0.3) is 0 Å². The summed E-state index contributed by atoms with van der Waals surface area (Å²) in [4.78, 5) is 2.63. The van der Waals surface area contributed by atoms with Crippen LogP contribution in [0.2, 0.25) is 0 Å². The van der Waals surface area contributed by atoms with Crippen molar-refractivity contribution in [2.75, 3.05) is 26.3 Å². The first-order valence-corrected chi connectivity index (χ1v) is 8.65. The maximum absolute atomic E-state index is 5.99. The van der Waals surface area contributed by atoms with Crippen LogP contribution in [0.1, 0.15) is 44.2 Å². The summed E-state index contributed by atoms with van der Waals surface area (Å²) in [7, 11) is 0. The summed E-state index contributed by atoms with van der Waals surface area (Å²) in [5.74, 6) is 1.08. The molecule has 120 valence electrons. The molecule has 3 heteroatoms. The van der Waals surface area contributed by atoms with Crippen LogP contribution in [0.15, 0.2) is 18.2 Å². The smallest absolute Gasteiger partial charge is 0.123 e. The van der Waals surface area contributed by atoms with E-state index in [1.165, 1.54) is 43.5 Å². The van der Waals surface area contributed by atoms with Crippen molar-refractivity contribution in [3.05, 3.63) is 29.3 Å². The fourth-order valence-electron chi connectivity index (χ4n) is 4.44. The minimum Gasteiger partial charge on any atom is -0.487 e. The molecule has 1 unspecified atom stereocenters. The summed E-state index contributed by atoms with van der Waals surface area (Å²) >= 11 is 0. The summed E-state index contributed by atoms with van der Waals surface area (Å²) in [6.45, 7) is 9.75. The van der Waals surface area contributed by atoms with Crippen LogP contribution in [0.5, 0.6) is 5.75 Å². The number of ether oxygens (including phenoxy) is 2. The van der Waals surface area contributed by atoms with Crippen molar-refractivity contribution < 1.29 is 9.47 Å². The predicted molar refractivity (Wildman–Crippen MR) is 87.2 cm³/mol. The third-order valence-electron chi connectivity index (χ3n) is 5.46. The topological polar surface area (TPSA) is 21.7 Å². The lowest BCUT2D eigenvalue weighted by Gasteiger charge is -2.39. The fourth-order valence-corrected chi connectivity index (χ4v) is 4.44. The van der Waals surface area contributed by atoms with Gasteiger partial charge in [0.1, 0.15) is 11.4 Å². The molecule has 2 saturated heterocycles. The lowest BCUT2D eigenvalue weighted by molar-refractivity contribution is 0.0645. The van der Waals surface area contributed by atoms with Gasteiger partial charge >= 0.3 is 0 Å². The Morgan fingerprint density at radius 3 is 2.95 bits per heavy atom. The number of nitrogens with zero attached hydrogens (tertiary/aromatic N) is 1. The average Bonchev–Trinajstić information content (AvgIpc) is 3.01. The lowest BCUT2D eigenvalue weighted by atomic mass is 9.79. The van der Waals surface area contributed by atoms with E-state index < -0.39 is 0 Å². The van der Waals surface area contributed by atoms with Crippen LogP contribution in [-0.4, -0.2) is 36.8 Å². The van der Waals surface area contributed by atoms with Gasteiger partial charge in [-0.1, -0.05) is 12.1 Å². The van der Waals surface area contributed by atoms with E-state index in [-0.39, 0.29) is 5.60 Å². The minimum atomic E-state index is -0.0443. The van der Waals surface area contributed by atoms with E-state index in [1.807, 2.05) is 0 Å². The highest BCUT2D eigenvalue weighted by Gasteiger charge is 2.38. The zero-order valence-electron chi connectivity index (χ0n) is 13.9. The van der Waals surface area contributed by atoms with Gasteiger partial charge in [-0.25, -0.2) is 0 Å². The van der Waals surface area contributed by atoms with Gasteiger partial charge in [-0.3, -0.25) is 4.90 Å². The van der Waals surface area contributed by atoms with Crippen molar-refractivity contribution >= 4 is 0 Å². The summed E-state index contributed by atoms with van der Waals surface area (Å²) in [5, 5.41) is 0. The summed E-state index contributed by atoms with van der Waals surface area (Å²) in [6.07, 6.45) is 4.92. The Morgan fingerprint density at radius 1 is 1.23 bits per heavy atom. The van der Waals surface area contributed by atoms with Gasteiger partial charge in [0, 0.05) is 31.5 Å². The number of hydrogen-bond acceptors (Lipinski definition) is 3. The van der Waals surface area contributed by atoms with Crippen molar-refractivity contribution in [3.8, 4) is 5.75 Å². The van der Waals surface area contributed by atoms with E-state index in [0.29, 0.717) is 5.41 Å². The van der Waals surface area contributed by atoms with Gasteiger partial charge in [0.2, 0.25) is 0 Å². The molecule has 0 saturated carbocycles. The van der Waals surface area contributed by atoms with E-state index in [4.69, 9.17) is 9.47 Å². The van der Waals surface area contributed by atoms with Crippen molar-refractivity contribution in [2.24, 2.45) is 5.41 Å². The van der Waals surface area contributed by atoms with Gasteiger partial charge in [0.15, 0.2) is 0 Å². The molecule has 2 fully saturated rings. The van der Waals surface area contributed by atoms with Gasteiger partial charge in [0.25, 0.3) is 0 Å². The Balaban J connectivity index is 1.46. The second-order valence-corrected chi connectivity index (χ2v) is 8.10. The fraction of sp³-hybridized carbons (Fsp3) is 0.684. The molecular formula is C19H27NO2. The number of hydrogen-bond donors (Lipinski definition) is 0. The molecule has 3 nitrogen and oxygen atoms in total. The zero-order valence-corrected chi connectivity index (χ0v) is 13.9. The molecule has 3 aliphatic heterocycles. The monoisotopic (exact) mass is 301 g/mol. The molecule has 3 heterocycles. The summed E-state index contributed by atoms with van der Waals surface area (Å²) in [6, 6.07) is 6.76. The lowest BCUT2D eigenvalue weighted by Crippen LogP contribution is -2.43. The molecule has 0 N–H and O–H groups in total. The van der Waals surface area contributed by atoms with Crippen molar-refractivity contribution in [3.63, 3.8) is 0 Å². The van der Waals surface area contributed by atoms with E-state index in [2.05, 4.69) is 36.9 Å². The Labute approximate surface area is 133 Å². The molecule has 3 aliphatic rings. The molecule has 1 aromatic rings. The first kappa shape index (κ1) is 14.5. The molecule has 4 rings (SSSR count). The maximum Gasteiger partial charge on any atom is 0.123 e. The Hall–Kier alpha value is -1.06. The average molecular weight is 301 g/mol. The molecule has 0 aliphatic carbocycles. The molecule has 0 bridgehead atoms. The van der Waals surface area contributed by atoms with Crippen molar-refractivity contribution in [2.45, 2.75) is 51.7 Å². The Bertz CT molecular complexity index is 561. The molecule has 1 aromatic carbocycles. The Morgan fingerprint density at radius 2 is 2.14 bits per heavy atom. The first-order valence-electron chi connectivity index (χ1n) is 8.65. The predicted octanol–water partition coefficient (Wildman–Crippen LogP) is 3.40. The quantitative estimate of drug-likeness (QED) is 0.835. The zero-order chi connectivity index (χ0) is 15.2. The van der Waals surface area contributed by atoms with E-state index in [9.17, 15) is 0 Å². The third-order valence-corrected chi connectivity index (χ3v) is 5.46. The SMILES string of the molecule is CC1(C)Cc2cc(CN3CCCC4(CCOC4)C3)ccc2O1. The molecule has 1 spiro atoms. The van der Waals surface area contributed by atoms with Crippen LogP contribution in [0, 0.1) is 5.41 Å². The van der Waals surface area contributed by atoms with Crippen molar-refractivity contribution in [1.29, 1.82) is 0 Å². The third kappa shape index (κ3) is 2.77. The van der Waals surface area contributed by atoms with Crippen LogP contribution in [0.4, 0.5) is 0 Å². The molecule has 0 amide bonds. The maximum atomic E-state index is 5.99. The number of benzene rings is 1. The molecule has 1 atom stereocenters. The van der Waals surface area contributed by atoms with Gasteiger partial charge in [-0.05, 0) is 56.8 Å². The summed E-state index contributed by atoms with van der Waals surface area (Å²) in [5.41, 5.74) is 3.20. The molecule has 22 heavy (non-hydrogen) atoms. The van der Waals surface area contributed by atoms with Crippen LogP contribution >= 0.6 is 0 Å². The largest absolute Gasteiger partial charge is 0.487 e. The normalized spacial score (nSPS) is 30.5. The molecule has 0 aromatic heterocycles. The number of piperidine rings is 1. The summed E-state index contributed by atoms with van der Waals surface area (Å²) < 4.78 is 11.7. The van der Waals surface area contributed by atoms with Gasteiger partial charge in [-0.15, -0.1) is 0 Å². The Kier molecular flexibility index (Phi) is 3.46. The van der Waals surface area contributed by atoms with E-state index >= 15 is 0 Å². The number of rotatable bonds is 2. The van der Waals surface area contributed by atoms with E-state index in [0.717, 1.165) is 31.9 Å². The molecule has 0 radical (unpaired) electrons. The van der Waals surface area contributed by atoms with Crippen LogP contribution in [0.3, 0.4) is 0 Å².